The first-order chi connectivity index (χ1) is 19.8. The molecule has 0 saturated carbocycles. The van der Waals surface area contributed by atoms with Gasteiger partial charge in [-0.05, 0) is 36.5 Å². The summed E-state index contributed by atoms with van der Waals surface area (Å²) in [7, 11) is -0.770. The molecule has 1 amide bonds. The van der Waals surface area contributed by atoms with E-state index < -0.39 is 50.2 Å². The third-order valence-corrected chi connectivity index (χ3v) is 12.5. The second-order valence-electron chi connectivity index (χ2n) is 11.7. The third kappa shape index (κ3) is 6.38. The minimum absolute atomic E-state index is 0.0557. The molecule has 1 fully saturated rings. The Balaban J connectivity index is 1.88. The zero-order valence-electron chi connectivity index (χ0n) is 25.2. The smallest absolute Gasteiger partial charge is 0.290 e. The maximum atomic E-state index is 13.8. The van der Waals surface area contributed by atoms with E-state index in [0.717, 1.165) is 4.57 Å². The minimum atomic E-state index is -2.36. The van der Waals surface area contributed by atoms with Crippen molar-refractivity contribution in [3.05, 3.63) is 52.6 Å². The number of ether oxygens (including phenoxy) is 3. The summed E-state index contributed by atoms with van der Waals surface area (Å²) in [6.45, 7) is 12.3. The molecule has 4 rings (SSSR count). The molecule has 1 unspecified atom stereocenters. The van der Waals surface area contributed by atoms with E-state index in [2.05, 4.69) is 49.1 Å². The van der Waals surface area contributed by atoms with Crippen molar-refractivity contribution < 1.29 is 28.2 Å². The number of aromatic nitrogens is 4. The van der Waals surface area contributed by atoms with E-state index in [4.69, 9.17) is 18.6 Å². The normalized spacial score (nSPS) is 21.1. The van der Waals surface area contributed by atoms with Crippen LogP contribution < -0.4 is 10.9 Å². The number of methoxy groups -OCH3 is 1. The van der Waals surface area contributed by atoms with Crippen LogP contribution in [-0.2, 0) is 23.4 Å². The van der Waals surface area contributed by atoms with Gasteiger partial charge >= 0.3 is 0 Å². The fourth-order valence-electron chi connectivity index (χ4n) is 4.52. The number of hydrogen-bond acceptors (Lipinski definition) is 10. The van der Waals surface area contributed by atoms with Gasteiger partial charge in [-0.25, -0.2) is 9.55 Å². The topological polar surface area (TPSA) is 136 Å². The zero-order valence-corrected chi connectivity index (χ0v) is 27.1. The molecule has 14 heteroatoms. The second-order valence-corrected chi connectivity index (χ2v) is 17.2. The average molecular weight is 618 g/mol. The lowest BCUT2D eigenvalue weighted by molar-refractivity contribution is -0.114. The molecule has 2 aromatic heterocycles. The Labute approximate surface area is 250 Å². The fourth-order valence-corrected chi connectivity index (χ4v) is 6.09. The van der Waals surface area contributed by atoms with Gasteiger partial charge < -0.3 is 18.6 Å². The van der Waals surface area contributed by atoms with Crippen molar-refractivity contribution >= 4 is 49.0 Å². The number of thioether (sulfide) groups is 1. The van der Waals surface area contributed by atoms with E-state index in [1.54, 1.807) is 42.0 Å². The van der Waals surface area contributed by atoms with Crippen LogP contribution in [0.1, 0.15) is 44.3 Å². The predicted molar refractivity (Wildman–Crippen MR) is 163 cm³/mol. The Kier molecular flexibility index (Phi) is 9.74. The molecule has 0 aliphatic carbocycles. The summed E-state index contributed by atoms with van der Waals surface area (Å²) in [5.74, 6) is -0.946. The highest BCUT2D eigenvalue weighted by Gasteiger charge is 2.52. The van der Waals surface area contributed by atoms with Crippen molar-refractivity contribution in [1.29, 1.82) is 0 Å². The van der Waals surface area contributed by atoms with Crippen molar-refractivity contribution in [3.8, 4) is 0 Å². The lowest BCUT2D eigenvalue weighted by Gasteiger charge is -2.40. The first-order valence-electron chi connectivity index (χ1n) is 13.6. The molecule has 1 aliphatic heterocycles. The lowest BCUT2D eigenvalue weighted by atomic mass is 10.1. The molecule has 12 nitrogen and oxygen atoms in total. The number of nitrogens with one attached hydrogen (secondary N) is 1. The number of imidazole rings is 1. The van der Waals surface area contributed by atoms with Crippen molar-refractivity contribution in [1.82, 2.24) is 19.1 Å². The van der Waals surface area contributed by atoms with Gasteiger partial charge in [-0.2, -0.15) is 4.98 Å². The van der Waals surface area contributed by atoms with Gasteiger partial charge in [0.05, 0.1) is 18.9 Å². The molecule has 4 atom stereocenters. The summed E-state index contributed by atoms with van der Waals surface area (Å²) in [6, 6.07) is 8.28. The second kappa shape index (κ2) is 12.8. The predicted octanol–water partition coefficient (Wildman–Crippen LogP) is 3.88. The molecule has 228 valence electrons. The van der Waals surface area contributed by atoms with E-state index in [1.165, 1.54) is 25.0 Å². The fraction of sp³-hybridized carbons (Fsp3) is 0.536. The molecule has 1 aromatic carbocycles. The van der Waals surface area contributed by atoms with Gasteiger partial charge in [-0.3, -0.25) is 24.3 Å². The van der Waals surface area contributed by atoms with Crippen LogP contribution in [0.15, 0.2) is 41.5 Å². The van der Waals surface area contributed by atoms with Crippen LogP contribution >= 0.6 is 11.8 Å². The van der Waals surface area contributed by atoms with E-state index in [0.29, 0.717) is 5.94 Å². The number of rotatable bonds is 10. The van der Waals surface area contributed by atoms with Crippen LogP contribution in [0.25, 0.3) is 11.2 Å². The van der Waals surface area contributed by atoms with Gasteiger partial charge in [0.2, 0.25) is 11.9 Å². The van der Waals surface area contributed by atoms with Crippen molar-refractivity contribution in [2.75, 3.05) is 31.2 Å². The maximum absolute atomic E-state index is 13.8. The average Bonchev–Trinajstić information content (AvgIpc) is 3.48. The maximum Gasteiger partial charge on any atom is 0.290 e. The lowest BCUT2D eigenvalue weighted by Crippen LogP contribution is -2.49. The van der Waals surface area contributed by atoms with Gasteiger partial charge in [0, 0.05) is 19.6 Å². The Morgan fingerprint density at radius 3 is 2.45 bits per heavy atom. The molecule has 0 radical (unpaired) electrons. The summed E-state index contributed by atoms with van der Waals surface area (Å²) in [4.78, 5) is 48.2. The van der Waals surface area contributed by atoms with Crippen molar-refractivity contribution in [2.45, 2.75) is 70.4 Å². The molecular weight excluding hydrogens is 578 g/mol. The minimum Gasteiger partial charge on any atom is -0.407 e. The van der Waals surface area contributed by atoms with Crippen LogP contribution in [0.4, 0.5) is 5.95 Å². The molecule has 3 aromatic rings. The Morgan fingerprint density at radius 1 is 1.17 bits per heavy atom. The highest BCUT2D eigenvalue weighted by molar-refractivity contribution is 7.98. The number of carbonyl (C=O) groups is 2. The quantitative estimate of drug-likeness (QED) is 0.264. The first kappa shape index (κ1) is 32.0. The highest BCUT2D eigenvalue weighted by atomic mass is 32.2. The Hall–Kier alpha value is -2.88. The number of carbonyl (C=O) groups excluding carboxylic acids is 2. The van der Waals surface area contributed by atoms with E-state index in [1.807, 2.05) is 6.26 Å². The van der Waals surface area contributed by atoms with E-state index >= 15 is 0 Å². The molecule has 1 saturated heterocycles. The molecule has 0 bridgehead atoms. The monoisotopic (exact) mass is 617 g/mol. The van der Waals surface area contributed by atoms with Crippen molar-refractivity contribution in [2.24, 2.45) is 0 Å². The summed E-state index contributed by atoms with van der Waals surface area (Å²) in [6.07, 6.45) is 1.06. The van der Waals surface area contributed by atoms with Crippen LogP contribution in [0.5, 0.6) is 0 Å². The largest absolute Gasteiger partial charge is 0.407 e. The Bertz CT molecular complexity index is 1490. The number of nitrogens with zero attached hydrogens (tertiary/aromatic N) is 4. The van der Waals surface area contributed by atoms with Crippen LogP contribution in [-0.4, -0.2) is 83.5 Å². The van der Waals surface area contributed by atoms with E-state index in [9.17, 15) is 14.4 Å². The van der Waals surface area contributed by atoms with Gasteiger partial charge in [-0.15, -0.1) is 11.8 Å². The molecule has 3 heterocycles. The third-order valence-electron chi connectivity index (χ3n) is 7.61. The molecule has 42 heavy (non-hydrogen) atoms. The number of anilines is 1. The van der Waals surface area contributed by atoms with Gasteiger partial charge in [0.1, 0.15) is 18.3 Å². The van der Waals surface area contributed by atoms with Crippen LogP contribution in [0.2, 0.25) is 18.1 Å². The summed E-state index contributed by atoms with van der Waals surface area (Å²) in [5.41, 5.74) is -0.388. The molecular formula is C28H39N5O7SSi. The van der Waals surface area contributed by atoms with Gasteiger partial charge in [-0.1, -0.05) is 39.0 Å². The summed E-state index contributed by atoms with van der Waals surface area (Å²) in [5, 5.41) is 2.43. The summed E-state index contributed by atoms with van der Waals surface area (Å²) >= 11 is 1.54. The van der Waals surface area contributed by atoms with Crippen LogP contribution in [0.3, 0.4) is 0 Å². The standard InChI is InChI=1S/C28H39N5O7SSi/c1-17(34)30-27-31-23-20(25(36)33(27)24(35)18-12-10-9-11-13-18)29-15-32(23)26-22(40-42(7,8)28(2,3)4)21(38-16-41-6)19(39-26)14-37-5/h9-13,15,19,21-22,26H,14,16H2,1-8H3,(H,30,31,34)/t19-,21?,22+,26-/m1/s1. The number of amides is 1. The van der Waals surface area contributed by atoms with Gasteiger partial charge in [0.25, 0.3) is 11.5 Å². The first-order valence-corrected chi connectivity index (χ1v) is 17.9. The van der Waals surface area contributed by atoms with Crippen molar-refractivity contribution in [3.63, 3.8) is 0 Å². The summed E-state index contributed by atoms with van der Waals surface area (Å²) < 4.78 is 27.6. The number of hydrogen-bond donors (Lipinski definition) is 1. The molecule has 1 aliphatic rings. The highest BCUT2D eigenvalue weighted by Crippen LogP contribution is 2.43. The molecule has 1 N–H and O–H groups in total. The van der Waals surface area contributed by atoms with Gasteiger partial charge in [0.15, 0.2) is 25.7 Å². The Morgan fingerprint density at radius 2 is 1.86 bits per heavy atom. The zero-order chi connectivity index (χ0) is 30.8. The number of fused-ring (bicyclic) bond motifs is 1. The SMILES string of the molecule is COC[C@H]1O[C@@H](n2cnc3c(=O)n(C(=O)c4ccccc4)c(NC(C)=O)nc32)[C@@H](O[Si](C)(C)C(C)(C)C)C1OCSC. The molecule has 0 spiro atoms. The van der Waals surface area contributed by atoms with E-state index in [-0.39, 0.29) is 34.3 Å². The van der Waals surface area contributed by atoms with Crippen LogP contribution in [0, 0.1) is 0 Å². The number of benzene rings is 1.